The number of aryl methyl sites for hydroxylation is 2. The van der Waals surface area contributed by atoms with E-state index in [9.17, 15) is 0 Å². The second-order valence-electron chi connectivity index (χ2n) is 8.48. The highest BCUT2D eigenvalue weighted by Gasteiger charge is 2.38. The lowest BCUT2D eigenvalue weighted by molar-refractivity contribution is 0.0270. The van der Waals surface area contributed by atoms with Crippen molar-refractivity contribution in [1.29, 1.82) is 0 Å². The molecule has 2 heteroatoms. The second kappa shape index (κ2) is 5.73. The first kappa shape index (κ1) is 16.5. The zero-order chi connectivity index (χ0) is 15.8. The van der Waals surface area contributed by atoms with Crippen LogP contribution < -0.4 is 5.32 Å². The maximum Gasteiger partial charge on any atom is 0.0273 e. The van der Waals surface area contributed by atoms with E-state index in [1.54, 1.807) is 0 Å². The van der Waals surface area contributed by atoms with Crippen LogP contribution in [-0.2, 0) is 6.54 Å². The van der Waals surface area contributed by atoms with Gasteiger partial charge < -0.3 is 5.32 Å². The van der Waals surface area contributed by atoms with E-state index in [0.29, 0.717) is 11.5 Å². The predicted molar refractivity (Wildman–Crippen MR) is 91.7 cm³/mol. The van der Waals surface area contributed by atoms with E-state index in [-0.39, 0.29) is 5.54 Å². The van der Waals surface area contributed by atoms with E-state index in [4.69, 9.17) is 0 Å². The lowest BCUT2D eigenvalue weighted by Gasteiger charge is -2.49. The number of rotatable bonds is 2. The van der Waals surface area contributed by atoms with Gasteiger partial charge in [-0.2, -0.15) is 0 Å². The van der Waals surface area contributed by atoms with Gasteiger partial charge in [0.25, 0.3) is 0 Å². The fourth-order valence-corrected chi connectivity index (χ4v) is 3.39. The summed E-state index contributed by atoms with van der Waals surface area (Å²) in [5, 5.41) is 3.72. The Morgan fingerprint density at radius 3 is 2.52 bits per heavy atom. The molecule has 0 bridgehead atoms. The van der Waals surface area contributed by atoms with Gasteiger partial charge in [0.15, 0.2) is 0 Å². The highest BCUT2D eigenvalue weighted by molar-refractivity contribution is 5.30. The molecule has 0 radical (unpaired) electrons. The van der Waals surface area contributed by atoms with Gasteiger partial charge in [0.1, 0.15) is 0 Å². The maximum atomic E-state index is 3.72. The minimum atomic E-state index is 0.194. The second-order valence-corrected chi connectivity index (χ2v) is 8.48. The lowest BCUT2D eigenvalue weighted by atomic mass is 9.82. The lowest BCUT2D eigenvalue weighted by Crippen LogP contribution is -2.64. The average molecular weight is 288 g/mol. The molecule has 118 valence electrons. The maximum absolute atomic E-state index is 3.72. The summed E-state index contributed by atoms with van der Waals surface area (Å²) in [6.45, 7) is 19.3. The van der Waals surface area contributed by atoms with E-state index >= 15 is 0 Å². The Morgan fingerprint density at radius 1 is 1.24 bits per heavy atom. The van der Waals surface area contributed by atoms with Crippen LogP contribution in [0.1, 0.15) is 51.3 Å². The summed E-state index contributed by atoms with van der Waals surface area (Å²) < 4.78 is 0. The van der Waals surface area contributed by atoms with Gasteiger partial charge in [-0.1, -0.05) is 44.5 Å². The van der Waals surface area contributed by atoms with Crippen LogP contribution in [0.4, 0.5) is 0 Å². The molecule has 1 heterocycles. The Morgan fingerprint density at radius 2 is 1.90 bits per heavy atom. The molecule has 21 heavy (non-hydrogen) atoms. The van der Waals surface area contributed by atoms with E-state index in [1.165, 1.54) is 16.7 Å². The van der Waals surface area contributed by atoms with Crippen LogP contribution in [0.2, 0.25) is 0 Å². The first-order valence-electron chi connectivity index (χ1n) is 8.14. The molecular weight excluding hydrogens is 256 g/mol. The van der Waals surface area contributed by atoms with Gasteiger partial charge in [-0.3, -0.25) is 4.90 Å². The predicted octanol–water partition coefficient (Wildman–Crippen LogP) is 3.90. The van der Waals surface area contributed by atoms with E-state index in [0.717, 1.165) is 19.6 Å². The minimum Gasteiger partial charge on any atom is -0.309 e. The summed E-state index contributed by atoms with van der Waals surface area (Å²) in [7, 11) is 0. The molecule has 1 aromatic rings. The van der Waals surface area contributed by atoms with Crippen molar-refractivity contribution in [2.45, 2.75) is 66.6 Å². The SMILES string of the molecule is Cc1ccc(C)c(CN2CC(C)(C)NCC2C(C)(C)C)c1. The minimum absolute atomic E-state index is 0.194. The standard InChI is InChI=1S/C19H32N2/c1-14-8-9-15(2)16(10-14)12-21-13-19(6,7)20-11-17(21)18(3,4)5/h8-10,17,20H,11-13H2,1-7H3. The molecule has 1 aliphatic heterocycles. The Balaban J connectivity index is 2.26. The molecule has 0 amide bonds. The first-order valence-corrected chi connectivity index (χ1v) is 8.14. The third kappa shape index (κ3) is 4.08. The van der Waals surface area contributed by atoms with Crippen LogP contribution >= 0.6 is 0 Å². The molecule has 1 atom stereocenters. The monoisotopic (exact) mass is 288 g/mol. The fourth-order valence-electron chi connectivity index (χ4n) is 3.39. The Kier molecular flexibility index (Phi) is 4.51. The van der Waals surface area contributed by atoms with Crippen molar-refractivity contribution in [2.75, 3.05) is 13.1 Å². The van der Waals surface area contributed by atoms with Crippen LogP contribution in [0.15, 0.2) is 18.2 Å². The Hall–Kier alpha value is -0.860. The number of hydrogen-bond donors (Lipinski definition) is 1. The third-order valence-corrected chi connectivity index (χ3v) is 4.69. The van der Waals surface area contributed by atoms with E-state index in [1.807, 2.05) is 0 Å². The van der Waals surface area contributed by atoms with Gasteiger partial charge in [-0.05, 0) is 44.2 Å². The molecule has 0 saturated carbocycles. The Bertz CT molecular complexity index is 497. The highest BCUT2D eigenvalue weighted by Crippen LogP contribution is 2.30. The van der Waals surface area contributed by atoms with Crippen molar-refractivity contribution in [2.24, 2.45) is 5.41 Å². The van der Waals surface area contributed by atoms with Crippen LogP contribution in [-0.4, -0.2) is 29.6 Å². The molecule has 2 rings (SSSR count). The van der Waals surface area contributed by atoms with Crippen molar-refractivity contribution in [3.05, 3.63) is 34.9 Å². The average Bonchev–Trinajstić information content (AvgIpc) is 2.31. The molecule has 0 aromatic heterocycles. The highest BCUT2D eigenvalue weighted by atomic mass is 15.3. The van der Waals surface area contributed by atoms with Gasteiger partial charge in [0, 0.05) is 31.2 Å². The smallest absolute Gasteiger partial charge is 0.0273 e. The van der Waals surface area contributed by atoms with Crippen LogP contribution in [0.3, 0.4) is 0 Å². The van der Waals surface area contributed by atoms with E-state index < -0.39 is 0 Å². The molecule has 1 saturated heterocycles. The van der Waals surface area contributed by atoms with Crippen LogP contribution in [0.5, 0.6) is 0 Å². The van der Waals surface area contributed by atoms with Gasteiger partial charge in [0.2, 0.25) is 0 Å². The normalized spacial score (nSPS) is 23.3. The summed E-state index contributed by atoms with van der Waals surface area (Å²) in [4.78, 5) is 2.68. The van der Waals surface area contributed by atoms with Crippen LogP contribution in [0, 0.1) is 19.3 Å². The molecule has 1 fully saturated rings. The number of piperazine rings is 1. The van der Waals surface area contributed by atoms with Gasteiger partial charge in [-0.25, -0.2) is 0 Å². The van der Waals surface area contributed by atoms with Crippen molar-refractivity contribution in [1.82, 2.24) is 10.2 Å². The van der Waals surface area contributed by atoms with Gasteiger partial charge in [0.05, 0.1) is 0 Å². The number of nitrogens with one attached hydrogen (secondary N) is 1. The van der Waals surface area contributed by atoms with Crippen molar-refractivity contribution >= 4 is 0 Å². The molecular formula is C19H32N2. The van der Waals surface area contributed by atoms with Crippen molar-refractivity contribution < 1.29 is 0 Å². The molecule has 1 aliphatic rings. The zero-order valence-electron chi connectivity index (χ0n) is 14.9. The largest absolute Gasteiger partial charge is 0.309 e. The Labute approximate surface area is 130 Å². The molecule has 1 unspecified atom stereocenters. The number of hydrogen-bond acceptors (Lipinski definition) is 2. The van der Waals surface area contributed by atoms with Crippen LogP contribution in [0.25, 0.3) is 0 Å². The fraction of sp³-hybridized carbons (Fsp3) is 0.684. The summed E-state index contributed by atoms with van der Waals surface area (Å²) >= 11 is 0. The topological polar surface area (TPSA) is 15.3 Å². The molecule has 0 aliphatic carbocycles. The zero-order valence-corrected chi connectivity index (χ0v) is 14.9. The molecule has 2 nitrogen and oxygen atoms in total. The first-order chi connectivity index (χ1) is 9.58. The van der Waals surface area contributed by atoms with Gasteiger partial charge >= 0.3 is 0 Å². The third-order valence-electron chi connectivity index (χ3n) is 4.69. The molecule has 0 spiro atoms. The summed E-state index contributed by atoms with van der Waals surface area (Å²) in [5.41, 5.74) is 4.73. The van der Waals surface area contributed by atoms with E-state index in [2.05, 4.69) is 76.9 Å². The molecule has 1 aromatic carbocycles. The van der Waals surface area contributed by atoms with Gasteiger partial charge in [-0.15, -0.1) is 0 Å². The summed E-state index contributed by atoms with van der Waals surface area (Å²) in [6.07, 6.45) is 0. The summed E-state index contributed by atoms with van der Waals surface area (Å²) in [6, 6.07) is 7.39. The quantitative estimate of drug-likeness (QED) is 0.888. The number of benzene rings is 1. The van der Waals surface area contributed by atoms with Crippen molar-refractivity contribution in [3.8, 4) is 0 Å². The van der Waals surface area contributed by atoms with Crippen molar-refractivity contribution in [3.63, 3.8) is 0 Å². The molecule has 1 N–H and O–H groups in total. The number of nitrogens with zero attached hydrogens (tertiary/aromatic N) is 1. The summed E-state index contributed by atoms with van der Waals surface area (Å²) in [5.74, 6) is 0.